The van der Waals surface area contributed by atoms with Crippen molar-refractivity contribution in [2.45, 2.75) is 32.9 Å². The standard InChI is InChI=1S/C17H20N4S/c1-12-7-8-18-15(9-12)10-13(2)21(3)11-14-5-4-6-16-17(14)20-22-19-16/h4-9,13H,10-11H2,1-3H3/t13-/m0/s1. The van der Waals surface area contributed by atoms with Crippen LogP contribution in [0.2, 0.25) is 0 Å². The highest BCUT2D eigenvalue weighted by atomic mass is 32.1. The van der Waals surface area contributed by atoms with Gasteiger partial charge in [0.05, 0.1) is 11.7 Å². The molecule has 0 aliphatic rings. The minimum Gasteiger partial charge on any atom is -0.299 e. The molecule has 22 heavy (non-hydrogen) atoms. The minimum absolute atomic E-state index is 0.413. The number of nitrogens with zero attached hydrogens (tertiary/aromatic N) is 4. The molecule has 0 N–H and O–H groups in total. The summed E-state index contributed by atoms with van der Waals surface area (Å²) in [5.41, 5.74) is 5.66. The van der Waals surface area contributed by atoms with Crippen LogP contribution in [-0.2, 0) is 13.0 Å². The van der Waals surface area contributed by atoms with Gasteiger partial charge >= 0.3 is 0 Å². The summed E-state index contributed by atoms with van der Waals surface area (Å²) < 4.78 is 8.73. The Hall–Kier alpha value is -1.85. The summed E-state index contributed by atoms with van der Waals surface area (Å²) in [6, 6.07) is 10.8. The Labute approximate surface area is 135 Å². The van der Waals surface area contributed by atoms with Gasteiger partial charge in [-0.25, -0.2) is 0 Å². The van der Waals surface area contributed by atoms with E-state index in [1.165, 1.54) is 22.9 Å². The van der Waals surface area contributed by atoms with E-state index in [0.29, 0.717) is 6.04 Å². The lowest BCUT2D eigenvalue weighted by Crippen LogP contribution is -2.30. The molecule has 1 aromatic carbocycles. The number of fused-ring (bicyclic) bond motifs is 1. The lowest BCUT2D eigenvalue weighted by Gasteiger charge is -2.24. The van der Waals surface area contributed by atoms with Crippen molar-refractivity contribution in [3.8, 4) is 0 Å². The fourth-order valence-corrected chi connectivity index (χ4v) is 3.15. The van der Waals surface area contributed by atoms with E-state index in [9.17, 15) is 0 Å². The molecule has 4 nitrogen and oxygen atoms in total. The highest BCUT2D eigenvalue weighted by Gasteiger charge is 2.14. The molecule has 0 amide bonds. The Balaban J connectivity index is 1.71. The lowest BCUT2D eigenvalue weighted by atomic mass is 10.1. The van der Waals surface area contributed by atoms with Crippen LogP contribution in [-0.4, -0.2) is 31.7 Å². The zero-order chi connectivity index (χ0) is 15.5. The maximum atomic E-state index is 4.46. The van der Waals surface area contributed by atoms with Crippen molar-refractivity contribution in [2.24, 2.45) is 0 Å². The molecular formula is C17H20N4S. The number of aryl methyl sites for hydroxylation is 1. The molecule has 0 radical (unpaired) electrons. The monoisotopic (exact) mass is 312 g/mol. The van der Waals surface area contributed by atoms with Crippen molar-refractivity contribution in [3.63, 3.8) is 0 Å². The van der Waals surface area contributed by atoms with Gasteiger partial charge in [0.15, 0.2) is 0 Å². The normalized spacial score (nSPS) is 12.9. The molecule has 0 saturated carbocycles. The highest BCUT2D eigenvalue weighted by Crippen LogP contribution is 2.19. The molecule has 0 unspecified atom stereocenters. The van der Waals surface area contributed by atoms with Crippen LogP contribution in [0.4, 0.5) is 0 Å². The van der Waals surface area contributed by atoms with Gasteiger partial charge < -0.3 is 0 Å². The quantitative estimate of drug-likeness (QED) is 0.723. The average molecular weight is 312 g/mol. The predicted octanol–water partition coefficient (Wildman–Crippen LogP) is 3.46. The van der Waals surface area contributed by atoms with Gasteiger partial charge in [-0.1, -0.05) is 12.1 Å². The van der Waals surface area contributed by atoms with E-state index in [0.717, 1.165) is 29.7 Å². The van der Waals surface area contributed by atoms with Crippen LogP contribution in [0.25, 0.3) is 11.0 Å². The van der Waals surface area contributed by atoms with Gasteiger partial charge in [-0.05, 0) is 50.2 Å². The molecule has 5 heteroatoms. The molecule has 0 fully saturated rings. The first kappa shape index (κ1) is 15.1. The van der Waals surface area contributed by atoms with Gasteiger partial charge in [0.25, 0.3) is 0 Å². The number of likely N-dealkylation sites (N-methyl/N-ethyl adjacent to an activating group) is 1. The maximum Gasteiger partial charge on any atom is 0.109 e. The fourth-order valence-electron chi connectivity index (χ4n) is 2.58. The average Bonchev–Trinajstić information content (AvgIpc) is 2.96. The van der Waals surface area contributed by atoms with Crippen LogP contribution in [0.3, 0.4) is 0 Å². The van der Waals surface area contributed by atoms with Gasteiger partial charge in [0.1, 0.15) is 11.0 Å². The van der Waals surface area contributed by atoms with E-state index in [2.05, 4.69) is 57.7 Å². The molecule has 0 bridgehead atoms. The van der Waals surface area contributed by atoms with Crippen LogP contribution in [0.5, 0.6) is 0 Å². The molecule has 3 aromatic rings. The lowest BCUT2D eigenvalue weighted by molar-refractivity contribution is 0.247. The van der Waals surface area contributed by atoms with Crippen LogP contribution in [0.1, 0.15) is 23.7 Å². The number of benzene rings is 1. The van der Waals surface area contributed by atoms with Crippen LogP contribution < -0.4 is 0 Å². The van der Waals surface area contributed by atoms with Crippen molar-refractivity contribution >= 4 is 22.8 Å². The van der Waals surface area contributed by atoms with Crippen molar-refractivity contribution in [1.82, 2.24) is 18.6 Å². The second-order valence-corrected chi connectivity index (χ2v) is 6.37. The van der Waals surface area contributed by atoms with E-state index in [1.54, 1.807) is 0 Å². The topological polar surface area (TPSA) is 41.9 Å². The molecule has 2 aromatic heterocycles. The smallest absolute Gasteiger partial charge is 0.109 e. The molecule has 0 saturated heterocycles. The fraction of sp³-hybridized carbons (Fsp3) is 0.353. The van der Waals surface area contributed by atoms with E-state index in [-0.39, 0.29) is 0 Å². The summed E-state index contributed by atoms with van der Waals surface area (Å²) in [5, 5.41) is 0. The predicted molar refractivity (Wildman–Crippen MR) is 91.0 cm³/mol. The van der Waals surface area contributed by atoms with Gasteiger partial charge in [-0.3, -0.25) is 9.88 Å². The van der Waals surface area contributed by atoms with E-state index in [4.69, 9.17) is 0 Å². The van der Waals surface area contributed by atoms with Gasteiger partial charge in [-0.15, -0.1) is 0 Å². The van der Waals surface area contributed by atoms with Gasteiger partial charge in [-0.2, -0.15) is 8.75 Å². The number of hydrogen-bond donors (Lipinski definition) is 0. The van der Waals surface area contributed by atoms with Crippen molar-refractivity contribution < 1.29 is 0 Å². The Morgan fingerprint density at radius 3 is 2.91 bits per heavy atom. The van der Waals surface area contributed by atoms with Crippen molar-refractivity contribution in [2.75, 3.05) is 7.05 Å². The Morgan fingerprint density at radius 1 is 1.23 bits per heavy atom. The number of rotatable bonds is 5. The molecule has 1 atom stereocenters. The summed E-state index contributed by atoms with van der Waals surface area (Å²) in [7, 11) is 2.15. The van der Waals surface area contributed by atoms with Gasteiger partial charge in [0.2, 0.25) is 0 Å². The second kappa shape index (κ2) is 6.50. The van der Waals surface area contributed by atoms with Crippen LogP contribution >= 0.6 is 11.7 Å². The summed E-state index contributed by atoms with van der Waals surface area (Å²) >= 11 is 1.28. The SMILES string of the molecule is Cc1ccnc(C[C@H](C)N(C)Cc2cccc3nsnc23)c1. The molecule has 2 heterocycles. The van der Waals surface area contributed by atoms with E-state index < -0.39 is 0 Å². The first-order chi connectivity index (χ1) is 10.6. The number of pyridine rings is 1. The van der Waals surface area contributed by atoms with Crippen molar-refractivity contribution in [1.29, 1.82) is 0 Å². The van der Waals surface area contributed by atoms with Crippen LogP contribution in [0, 0.1) is 6.92 Å². The maximum absolute atomic E-state index is 4.46. The first-order valence-electron chi connectivity index (χ1n) is 7.45. The summed E-state index contributed by atoms with van der Waals surface area (Å²) in [6.07, 6.45) is 2.84. The largest absolute Gasteiger partial charge is 0.299 e. The van der Waals surface area contributed by atoms with Gasteiger partial charge in [0, 0.05) is 30.9 Å². The minimum atomic E-state index is 0.413. The second-order valence-electron chi connectivity index (χ2n) is 5.84. The van der Waals surface area contributed by atoms with E-state index in [1.807, 2.05) is 18.3 Å². The number of hydrogen-bond acceptors (Lipinski definition) is 5. The Bertz CT molecular complexity index is 768. The zero-order valence-corrected chi connectivity index (χ0v) is 14.0. The highest BCUT2D eigenvalue weighted by molar-refractivity contribution is 7.00. The molecule has 0 aliphatic carbocycles. The third kappa shape index (κ3) is 3.31. The molecule has 0 spiro atoms. The third-order valence-electron chi connectivity index (χ3n) is 4.02. The molecular weight excluding hydrogens is 292 g/mol. The summed E-state index contributed by atoms with van der Waals surface area (Å²) in [4.78, 5) is 6.81. The number of aromatic nitrogens is 3. The van der Waals surface area contributed by atoms with Crippen LogP contribution in [0.15, 0.2) is 36.5 Å². The Kier molecular flexibility index (Phi) is 4.45. The summed E-state index contributed by atoms with van der Waals surface area (Å²) in [6.45, 7) is 5.22. The molecule has 114 valence electrons. The molecule has 3 rings (SSSR count). The van der Waals surface area contributed by atoms with Crippen molar-refractivity contribution in [3.05, 3.63) is 53.3 Å². The first-order valence-corrected chi connectivity index (χ1v) is 8.18. The molecule has 0 aliphatic heterocycles. The summed E-state index contributed by atoms with van der Waals surface area (Å²) in [5.74, 6) is 0. The van der Waals surface area contributed by atoms with E-state index >= 15 is 0 Å². The zero-order valence-electron chi connectivity index (χ0n) is 13.2. The third-order valence-corrected chi connectivity index (χ3v) is 4.56. The Morgan fingerprint density at radius 2 is 2.09 bits per heavy atom.